The molecule has 108 valence electrons. The standard InChI is InChI=1S/C16H28N2O/c1-4-18(12-13-19-5-2)14-16-9-7-6-8-15(16)10-11-17-3/h6-9,17H,4-5,10-14H2,1-3H3. The minimum absolute atomic E-state index is 0.802. The lowest BCUT2D eigenvalue weighted by Gasteiger charge is -2.22. The Labute approximate surface area is 118 Å². The molecule has 19 heavy (non-hydrogen) atoms. The first-order valence-corrected chi connectivity index (χ1v) is 7.33. The summed E-state index contributed by atoms with van der Waals surface area (Å²) in [5, 5.41) is 3.22. The molecule has 1 aromatic carbocycles. The van der Waals surface area contributed by atoms with Gasteiger partial charge in [-0.3, -0.25) is 4.90 Å². The Balaban J connectivity index is 2.57. The average Bonchev–Trinajstić information content (AvgIpc) is 2.45. The van der Waals surface area contributed by atoms with Crippen molar-refractivity contribution in [3.8, 4) is 0 Å². The second-order valence-electron chi connectivity index (χ2n) is 4.69. The minimum Gasteiger partial charge on any atom is -0.380 e. The molecule has 0 bridgehead atoms. The Morgan fingerprint density at radius 1 is 1.16 bits per heavy atom. The van der Waals surface area contributed by atoms with Crippen LogP contribution in [0, 0.1) is 0 Å². The molecule has 1 aromatic rings. The van der Waals surface area contributed by atoms with Gasteiger partial charge in [0.15, 0.2) is 0 Å². The van der Waals surface area contributed by atoms with Crippen molar-refractivity contribution in [2.45, 2.75) is 26.8 Å². The van der Waals surface area contributed by atoms with Gasteiger partial charge >= 0.3 is 0 Å². The van der Waals surface area contributed by atoms with Crippen LogP contribution in [-0.4, -0.2) is 44.8 Å². The molecule has 0 fully saturated rings. The highest BCUT2D eigenvalue weighted by molar-refractivity contribution is 5.27. The van der Waals surface area contributed by atoms with Crippen molar-refractivity contribution in [1.82, 2.24) is 10.2 Å². The predicted molar refractivity (Wildman–Crippen MR) is 81.5 cm³/mol. The fourth-order valence-electron chi connectivity index (χ4n) is 2.14. The maximum Gasteiger partial charge on any atom is 0.0593 e. The van der Waals surface area contributed by atoms with Crippen LogP contribution in [0.3, 0.4) is 0 Å². The molecule has 0 aliphatic heterocycles. The predicted octanol–water partition coefficient (Wildman–Crippen LogP) is 2.31. The summed E-state index contributed by atoms with van der Waals surface area (Å²) in [4.78, 5) is 2.44. The molecular weight excluding hydrogens is 236 g/mol. The Hall–Kier alpha value is -0.900. The summed E-state index contributed by atoms with van der Waals surface area (Å²) in [7, 11) is 2.00. The zero-order valence-corrected chi connectivity index (χ0v) is 12.6. The van der Waals surface area contributed by atoms with Gasteiger partial charge < -0.3 is 10.1 Å². The van der Waals surface area contributed by atoms with Crippen LogP contribution in [0.2, 0.25) is 0 Å². The summed E-state index contributed by atoms with van der Waals surface area (Å²) in [6, 6.07) is 8.75. The second kappa shape index (κ2) is 9.96. The Bertz CT molecular complexity index is 341. The van der Waals surface area contributed by atoms with E-state index in [1.54, 1.807) is 0 Å². The van der Waals surface area contributed by atoms with Crippen LogP contribution in [0.15, 0.2) is 24.3 Å². The molecule has 0 unspecified atom stereocenters. The highest BCUT2D eigenvalue weighted by Crippen LogP contribution is 2.12. The summed E-state index contributed by atoms with van der Waals surface area (Å²) in [5.74, 6) is 0. The molecule has 1 N–H and O–H groups in total. The highest BCUT2D eigenvalue weighted by atomic mass is 16.5. The molecule has 0 radical (unpaired) electrons. The van der Waals surface area contributed by atoms with Crippen molar-refractivity contribution in [1.29, 1.82) is 0 Å². The van der Waals surface area contributed by atoms with Gasteiger partial charge in [0, 0.05) is 19.7 Å². The monoisotopic (exact) mass is 264 g/mol. The third-order valence-corrected chi connectivity index (χ3v) is 3.36. The lowest BCUT2D eigenvalue weighted by atomic mass is 10.0. The quantitative estimate of drug-likeness (QED) is 0.656. The first-order chi connectivity index (χ1) is 9.31. The Kier molecular flexibility index (Phi) is 8.47. The summed E-state index contributed by atoms with van der Waals surface area (Å²) in [6.45, 7) is 9.99. The number of hydrogen-bond acceptors (Lipinski definition) is 3. The van der Waals surface area contributed by atoms with E-state index in [1.807, 2.05) is 14.0 Å². The Morgan fingerprint density at radius 3 is 2.53 bits per heavy atom. The zero-order valence-electron chi connectivity index (χ0n) is 12.6. The second-order valence-corrected chi connectivity index (χ2v) is 4.69. The van der Waals surface area contributed by atoms with Gasteiger partial charge in [-0.2, -0.15) is 0 Å². The van der Waals surface area contributed by atoms with Gasteiger partial charge in [-0.1, -0.05) is 31.2 Å². The van der Waals surface area contributed by atoms with Gasteiger partial charge in [0.2, 0.25) is 0 Å². The normalized spacial score (nSPS) is 11.2. The molecule has 3 heteroatoms. The topological polar surface area (TPSA) is 24.5 Å². The number of nitrogens with one attached hydrogen (secondary N) is 1. The van der Waals surface area contributed by atoms with Crippen molar-refractivity contribution in [3.05, 3.63) is 35.4 Å². The number of ether oxygens (including phenoxy) is 1. The van der Waals surface area contributed by atoms with Gasteiger partial charge in [0.25, 0.3) is 0 Å². The lowest BCUT2D eigenvalue weighted by Crippen LogP contribution is -2.27. The minimum atomic E-state index is 0.802. The van der Waals surface area contributed by atoms with Gasteiger partial charge in [0.05, 0.1) is 6.61 Å². The molecular formula is C16H28N2O. The number of benzene rings is 1. The van der Waals surface area contributed by atoms with E-state index in [0.29, 0.717) is 0 Å². The number of rotatable bonds is 10. The van der Waals surface area contributed by atoms with E-state index in [2.05, 4.69) is 41.4 Å². The zero-order chi connectivity index (χ0) is 13.9. The maximum absolute atomic E-state index is 5.45. The number of likely N-dealkylation sites (N-methyl/N-ethyl adjacent to an activating group) is 2. The SMILES string of the molecule is CCOCCN(CC)Cc1ccccc1CCNC. The summed E-state index contributed by atoms with van der Waals surface area (Å²) in [5.41, 5.74) is 2.89. The van der Waals surface area contributed by atoms with Crippen LogP contribution in [0.4, 0.5) is 0 Å². The van der Waals surface area contributed by atoms with Crippen molar-refractivity contribution in [2.75, 3.05) is 39.9 Å². The van der Waals surface area contributed by atoms with E-state index >= 15 is 0 Å². The molecule has 0 saturated heterocycles. The lowest BCUT2D eigenvalue weighted by molar-refractivity contribution is 0.113. The molecule has 0 heterocycles. The van der Waals surface area contributed by atoms with Gasteiger partial charge in [0.1, 0.15) is 0 Å². The van der Waals surface area contributed by atoms with E-state index in [-0.39, 0.29) is 0 Å². The molecule has 0 amide bonds. The van der Waals surface area contributed by atoms with Gasteiger partial charge in [-0.15, -0.1) is 0 Å². The third kappa shape index (κ3) is 6.19. The molecule has 0 atom stereocenters. The highest BCUT2D eigenvalue weighted by Gasteiger charge is 2.07. The number of hydrogen-bond donors (Lipinski definition) is 1. The van der Waals surface area contributed by atoms with Crippen LogP contribution in [-0.2, 0) is 17.7 Å². The van der Waals surface area contributed by atoms with Crippen LogP contribution in [0.5, 0.6) is 0 Å². The van der Waals surface area contributed by atoms with E-state index in [0.717, 1.165) is 45.8 Å². The van der Waals surface area contributed by atoms with Crippen LogP contribution < -0.4 is 5.32 Å². The maximum atomic E-state index is 5.45. The molecule has 3 nitrogen and oxygen atoms in total. The van der Waals surface area contributed by atoms with E-state index < -0.39 is 0 Å². The fraction of sp³-hybridized carbons (Fsp3) is 0.625. The summed E-state index contributed by atoms with van der Waals surface area (Å²) < 4.78 is 5.45. The number of nitrogens with zero attached hydrogens (tertiary/aromatic N) is 1. The fourth-order valence-corrected chi connectivity index (χ4v) is 2.14. The molecule has 1 rings (SSSR count). The Morgan fingerprint density at radius 2 is 1.89 bits per heavy atom. The molecule has 0 aliphatic rings. The molecule has 0 saturated carbocycles. The van der Waals surface area contributed by atoms with E-state index in [1.165, 1.54) is 11.1 Å². The largest absolute Gasteiger partial charge is 0.380 e. The molecule has 0 aromatic heterocycles. The van der Waals surface area contributed by atoms with Gasteiger partial charge in [-0.25, -0.2) is 0 Å². The van der Waals surface area contributed by atoms with Gasteiger partial charge in [-0.05, 0) is 44.6 Å². The van der Waals surface area contributed by atoms with Crippen LogP contribution in [0.25, 0.3) is 0 Å². The van der Waals surface area contributed by atoms with Crippen molar-refractivity contribution in [3.63, 3.8) is 0 Å². The van der Waals surface area contributed by atoms with E-state index in [9.17, 15) is 0 Å². The van der Waals surface area contributed by atoms with E-state index in [4.69, 9.17) is 4.74 Å². The average molecular weight is 264 g/mol. The smallest absolute Gasteiger partial charge is 0.0593 e. The third-order valence-electron chi connectivity index (χ3n) is 3.36. The van der Waals surface area contributed by atoms with Crippen molar-refractivity contribution in [2.24, 2.45) is 0 Å². The molecule has 0 spiro atoms. The molecule has 0 aliphatic carbocycles. The summed E-state index contributed by atoms with van der Waals surface area (Å²) >= 11 is 0. The first kappa shape index (κ1) is 16.2. The van der Waals surface area contributed by atoms with Crippen LogP contribution >= 0.6 is 0 Å². The van der Waals surface area contributed by atoms with Crippen molar-refractivity contribution >= 4 is 0 Å². The first-order valence-electron chi connectivity index (χ1n) is 7.33. The van der Waals surface area contributed by atoms with Crippen LogP contribution in [0.1, 0.15) is 25.0 Å². The summed E-state index contributed by atoms with van der Waals surface area (Å²) in [6.07, 6.45) is 1.09. The van der Waals surface area contributed by atoms with Crippen molar-refractivity contribution < 1.29 is 4.74 Å².